The van der Waals surface area contributed by atoms with Crippen molar-refractivity contribution >= 4 is 5.97 Å². The van der Waals surface area contributed by atoms with E-state index in [9.17, 15) is 13.2 Å². The second-order valence-corrected chi connectivity index (χ2v) is 9.47. The minimum absolute atomic E-state index is 0.275. The molecule has 196 valence electrons. The summed E-state index contributed by atoms with van der Waals surface area (Å²) in [5.41, 5.74) is 3.83. The summed E-state index contributed by atoms with van der Waals surface area (Å²) in [6, 6.07) is 14.5. The largest absolute Gasteiger partial charge is 0.496 e. The van der Waals surface area contributed by atoms with Gasteiger partial charge in [0.05, 0.1) is 19.0 Å². The van der Waals surface area contributed by atoms with Gasteiger partial charge in [-0.15, -0.1) is 0 Å². The van der Waals surface area contributed by atoms with Gasteiger partial charge in [0, 0.05) is 37.0 Å². The van der Waals surface area contributed by atoms with Crippen LogP contribution in [0.4, 0.5) is 13.2 Å². The van der Waals surface area contributed by atoms with Crippen LogP contribution in [0.1, 0.15) is 17.8 Å². The fourth-order valence-electron chi connectivity index (χ4n) is 5.26. The SMILES string of the molecule is COc1ccccc1-c1cnc2n1CC1(CCN(Cc3ccc4c(c3)OCO4)C1)C2.O=C(O)C(F)(F)F. The molecular weight excluding hydrogens is 491 g/mol. The monoisotopic (exact) mass is 517 g/mol. The molecule has 1 N–H and O–H groups in total. The highest BCUT2D eigenvalue weighted by Gasteiger charge is 2.44. The maximum Gasteiger partial charge on any atom is 0.490 e. The Hall–Kier alpha value is -3.73. The highest BCUT2D eigenvalue weighted by atomic mass is 19.4. The minimum atomic E-state index is -5.08. The van der Waals surface area contributed by atoms with Gasteiger partial charge in [0.15, 0.2) is 11.5 Å². The second kappa shape index (κ2) is 9.62. The van der Waals surface area contributed by atoms with Gasteiger partial charge in [-0.3, -0.25) is 4.90 Å². The van der Waals surface area contributed by atoms with Crippen molar-refractivity contribution in [1.29, 1.82) is 0 Å². The number of carboxylic acid groups (broad SMARTS) is 1. The molecule has 6 rings (SSSR count). The summed E-state index contributed by atoms with van der Waals surface area (Å²) in [5, 5.41) is 7.12. The van der Waals surface area contributed by atoms with Crippen LogP contribution in [-0.2, 0) is 24.3 Å². The van der Waals surface area contributed by atoms with Gasteiger partial charge < -0.3 is 23.9 Å². The van der Waals surface area contributed by atoms with E-state index < -0.39 is 12.1 Å². The van der Waals surface area contributed by atoms with Crippen molar-refractivity contribution in [3.63, 3.8) is 0 Å². The molecule has 37 heavy (non-hydrogen) atoms. The Bertz CT molecular complexity index is 1310. The summed E-state index contributed by atoms with van der Waals surface area (Å²) in [6.45, 7) is 4.50. The number of aliphatic carboxylic acids is 1. The number of halogens is 3. The van der Waals surface area contributed by atoms with Gasteiger partial charge in [0.2, 0.25) is 6.79 Å². The number of methoxy groups -OCH3 is 1. The van der Waals surface area contributed by atoms with Crippen LogP contribution in [0.25, 0.3) is 11.3 Å². The molecule has 2 aromatic carbocycles. The van der Waals surface area contributed by atoms with E-state index in [0.29, 0.717) is 6.79 Å². The van der Waals surface area contributed by atoms with Gasteiger partial charge in [-0.1, -0.05) is 18.2 Å². The summed E-state index contributed by atoms with van der Waals surface area (Å²) in [4.78, 5) is 16.2. The molecule has 3 aliphatic heterocycles. The molecule has 1 spiro atoms. The van der Waals surface area contributed by atoms with Gasteiger partial charge in [-0.05, 0) is 42.8 Å². The Kier molecular flexibility index (Phi) is 6.49. The van der Waals surface area contributed by atoms with E-state index in [0.717, 1.165) is 61.1 Å². The van der Waals surface area contributed by atoms with E-state index >= 15 is 0 Å². The molecule has 1 aromatic heterocycles. The Morgan fingerprint density at radius 1 is 1.16 bits per heavy atom. The number of fused-ring (bicyclic) bond motifs is 2. The standard InChI is InChI=1S/C24H25N3O3.C2HF3O2/c1-28-20-5-3-2-4-18(20)19-12-25-23-11-24(15-27(19)23)8-9-26(14-24)13-17-6-7-21-22(10-17)30-16-29-21;3-2(4,5)1(6)7/h2-7,10,12H,8-9,11,13-16H2,1H3;(H,6,7). The van der Waals surface area contributed by atoms with Gasteiger partial charge in [-0.2, -0.15) is 13.2 Å². The van der Waals surface area contributed by atoms with Crippen molar-refractivity contribution in [3.8, 4) is 28.5 Å². The highest BCUT2D eigenvalue weighted by Crippen LogP contribution is 2.44. The number of carbonyl (C=O) groups is 1. The number of alkyl halides is 3. The van der Waals surface area contributed by atoms with Crippen LogP contribution in [0.3, 0.4) is 0 Å². The smallest absolute Gasteiger partial charge is 0.490 e. The number of para-hydroxylation sites is 1. The molecule has 0 amide bonds. The number of imidazole rings is 1. The van der Waals surface area contributed by atoms with E-state index in [1.165, 1.54) is 17.8 Å². The molecule has 1 atom stereocenters. The number of carboxylic acids is 1. The van der Waals surface area contributed by atoms with Gasteiger partial charge in [-0.25, -0.2) is 9.78 Å². The quantitative estimate of drug-likeness (QED) is 0.550. The lowest BCUT2D eigenvalue weighted by Gasteiger charge is -2.24. The number of aromatic nitrogens is 2. The first-order chi connectivity index (χ1) is 17.7. The Labute approximate surface area is 211 Å². The van der Waals surface area contributed by atoms with Crippen LogP contribution in [-0.4, -0.2) is 58.7 Å². The lowest BCUT2D eigenvalue weighted by Crippen LogP contribution is -2.28. The molecule has 0 aliphatic carbocycles. The van der Waals surface area contributed by atoms with Gasteiger partial charge in [0.1, 0.15) is 11.6 Å². The molecular formula is C26H26F3N3O5. The molecule has 1 saturated heterocycles. The minimum Gasteiger partial charge on any atom is -0.496 e. The molecule has 0 radical (unpaired) electrons. The second-order valence-electron chi connectivity index (χ2n) is 9.47. The van der Waals surface area contributed by atoms with E-state index in [1.54, 1.807) is 7.11 Å². The summed E-state index contributed by atoms with van der Waals surface area (Å²) in [6.07, 6.45) is -0.842. The highest BCUT2D eigenvalue weighted by molar-refractivity contribution is 5.73. The van der Waals surface area contributed by atoms with Gasteiger partial charge >= 0.3 is 12.1 Å². The summed E-state index contributed by atoms with van der Waals surface area (Å²) in [7, 11) is 1.73. The zero-order valence-corrected chi connectivity index (χ0v) is 20.1. The first-order valence-corrected chi connectivity index (χ1v) is 11.8. The fourth-order valence-corrected chi connectivity index (χ4v) is 5.26. The zero-order chi connectivity index (χ0) is 26.2. The number of benzene rings is 2. The normalized spacial score (nSPS) is 20.0. The van der Waals surface area contributed by atoms with Crippen molar-refractivity contribution in [2.24, 2.45) is 5.41 Å². The summed E-state index contributed by atoms with van der Waals surface area (Å²) in [5.74, 6) is 1.05. The van der Waals surface area contributed by atoms with Crippen LogP contribution in [0.15, 0.2) is 48.7 Å². The fraction of sp³-hybridized carbons (Fsp3) is 0.385. The number of hydrogen-bond acceptors (Lipinski definition) is 6. The average Bonchev–Trinajstić information content (AvgIpc) is 3.64. The summed E-state index contributed by atoms with van der Waals surface area (Å²) < 4.78 is 50.7. The third-order valence-corrected chi connectivity index (χ3v) is 6.95. The Morgan fingerprint density at radius 3 is 2.68 bits per heavy atom. The van der Waals surface area contributed by atoms with Crippen molar-refractivity contribution < 1.29 is 37.3 Å². The van der Waals surface area contributed by atoms with E-state index in [1.807, 2.05) is 24.4 Å². The molecule has 11 heteroatoms. The molecule has 4 heterocycles. The third-order valence-electron chi connectivity index (χ3n) is 6.95. The van der Waals surface area contributed by atoms with Crippen LogP contribution in [0.5, 0.6) is 17.2 Å². The number of nitrogens with zero attached hydrogens (tertiary/aromatic N) is 3. The van der Waals surface area contributed by atoms with Crippen molar-refractivity contribution in [2.45, 2.75) is 32.1 Å². The first-order valence-electron chi connectivity index (χ1n) is 11.8. The lowest BCUT2D eigenvalue weighted by atomic mass is 9.86. The Morgan fingerprint density at radius 2 is 1.92 bits per heavy atom. The average molecular weight is 518 g/mol. The maximum atomic E-state index is 10.6. The molecule has 3 aliphatic rings. The van der Waals surface area contributed by atoms with E-state index in [4.69, 9.17) is 29.1 Å². The van der Waals surface area contributed by atoms with E-state index in [-0.39, 0.29) is 5.41 Å². The Balaban J connectivity index is 0.000000355. The zero-order valence-electron chi connectivity index (χ0n) is 20.1. The topological polar surface area (TPSA) is 86.0 Å². The van der Waals surface area contributed by atoms with Crippen LogP contribution in [0, 0.1) is 5.41 Å². The number of likely N-dealkylation sites (tertiary alicyclic amines) is 1. The van der Waals surface area contributed by atoms with Crippen molar-refractivity contribution in [2.75, 3.05) is 27.0 Å². The molecule has 3 aromatic rings. The van der Waals surface area contributed by atoms with Crippen LogP contribution < -0.4 is 14.2 Å². The molecule has 0 saturated carbocycles. The van der Waals surface area contributed by atoms with Crippen LogP contribution >= 0.6 is 0 Å². The van der Waals surface area contributed by atoms with Gasteiger partial charge in [0.25, 0.3) is 0 Å². The summed E-state index contributed by atoms with van der Waals surface area (Å²) >= 11 is 0. The number of rotatable bonds is 4. The molecule has 1 fully saturated rings. The van der Waals surface area contributed by atoms with Crippen LogP contribution in [0.2, 0.25) is 0 Å². The van der Waals surface area contributed by atoms with Crippen molar-refractivity contribution in [3.05, 3.63) is 60.0 Å². The molecule has 1 unspecified atom stereocenters. The van der Waals surface area contributed by atoms with E-state index in [2.05, 4.69) is 33.7 Å². The number of hydrogen-bond donors (Lipinski definition) is 1. The maximum absolute atomic E-state index is 10.6. The predicted molar refractivity (Wildman–Crippen MR) is 127 cm³/mol. The lowest BCUT2D eigenvalue weighted by molar-refractivity contribution is -0.192. The van der Waals surface area contributed by atoms with Crippen molar-refractivity contribution in [1.82, 2.24) is 14.5 Å². The first kappa shape index (κ1) is 24.9. The molecule has 0 bridgehead atoms. The number of ether oxygens (including phenoxy) is 3. The predicted octanol–water partition coefficient (Wildman–Crippen LogP) is 4.37. The third kappa shape index (κ3) is 5.08. The molecule has 8 nitrogen and oxygen atoms in total.